The molecule has 6 nitrogen and oxygen atoms in total. The van der Waals surface area contributed by atoms with E-state index in [0.717, 1.165) is 5.69 Å². The number of amides is 1. The van der Waals surface area contributed by atoms with Gasteiger partial charge in [-0.3, -0.25) is 4.79 Å². The lowest BCUT2D eigenvalue weighted by molar-refractivity contribution is 0.0995. The van der Waals surface area contributed by atoms with Gasteiger partial charge in [0.25, 0.3) is 5.91 Å². The van der Waals surface area contributed by atoms with Crippen molar-refractivity contribution < 1.29 is 4.79 Å². The minimum absolute atomic E-state index is 0.0196. The fourth-order valence-electron chi connectivity index (χ4n) is 1.63. The molecule has 20 heavy (non-hydrogen) atoms. The van der Waals surface area contributed by atoms with E-state index >= 15 is 0 Å². The highest BCUT2D eigenvalue weighted by Crippen LogP contribution is 2.21. The summed E-state index contributed by atoms with van der Waals surface area (Å²) in [6, 6.07) is 7.08. The summed E-state index contributed by atoms with van der Waals surface area (Å²) in [4.78, 5) is 15.8. The van der Waals surface area contributed by atoms with E-state index in [1.165, 1.54) is 6.07 Å². The van der Waals surface area contributed by atoms with E-state index in [-0.39, 0.29) is 10.8 Å². The minimum atomic E-state index is -0.684. The Hall–Kier alpha value is -2.21. The normalized spacial score (nSPS) is 10.6. The molecule has 2 aromatic rings. The number of pyridine rings is 1. The monoisotopic (exact) mass is 291 g/mol. The van der Waals surface area contributed by atoms with Gasteiger partial charge in [-0.1, -0.05) is 31.5 Å². The summed E-state index contributed by atoms with van der Waals surface area (Å²) in [5.74, 6) is 0.200. The fourth-order valence-corrected chi connectivity index (χ4v) is 1.77. The third-order valence-corrected chi connectivity index (χ3v) is 2.81. The lowest BCUT2D eigenvalue weighted by Crippen LogP contribution is -2.16. The maximum atomic E-state index is 11.3. The molecule has 0 aromatic carbocycles. The number of nitrogens with two attached hydrogens (primary N) is 1. The van der Waals surface area contributed by atoms with Crippen LogP contribution in [0.2, 0.25) is 5.15 Å². The maximum absolute atomic E-state index is 11.3. The van der Waals surface area contributed by atoms with Gasteiger partial charge < -0.3 is 11.1 Å². The van der Waals surface area contributed by atoms with E-state index in [1.54, 1.807) is 6.07 Å². The van der Waals surface area contributed by atoms with Gasteiger partial charge in [0, 0.05) is 11.8 Å². The lowest BCUT2D eigenvalue weighted by atomic mass is 10.1. The standard InChI is InChI=1S/C13H14ClN5O/c1-7(2)8-4-3-5-11(16-8)17-9-6-10(14)18-19-12(9)13(15)20/h3-7H,1-2H3,(H2,15,20)(H,16,17,18). The largest absolute Gasteiger partial charge is 0.364 e. The Morgan fingerprint density at radius 3 is 2.75 bits per heavy atom. The third kappa shape index (κ3) is 3.21. The Balaban J connectivity index is 2.36. The van der Waals surface area contributed by atoms with E-state index in [1.807, 2.05) is 26.0 Å². The van der Waals surface area contributed by atoms with Gasteiger partial charge in [-0.05, 0) is 18.1 Å². The maximum Gasteiger partial charge on any atom is 0.271 e. The molecule has 3 N–H and O–H groups in total. The van der Waals surface area contributed by atoms with Crippen LogP contribution >= 0.6 is 11.6 Å². The number of halogens is 1. The zero-order chi connectivity index (χ0) is 14.7. The first kappa shape index (κ1) is 14.2. The van der Waals surface area contributed by atoms with Crippen molar-refractivity contribution in [3.8, 4) is 0 Å². The van der Waals surface area contributed by atoms with Crippen LogP contribution in [0.25, 0.3) is 0 Å². The van der Waals surface area contributed by atoms with Gasteiger partial charge in [-0.25, -0.2) is 4.98 Å². The van der Waals surface area contributed by atoms with Crippen LogP contribution in [0.4, 0.5) is 11.5 Å². The van der Waals surface area contributed by atoms with Crippen LogP contribution in [0.3, 0.4) is 0 Å². The predicted molar refractivity (Wildman–Crippen MR) is 77.2 cm³/mol. The van der Waals surface area contributed by atoms with Gasteiger partial charge >= 0.3 is 0 Å². The Labute approximate surface area is 121 Å². The van der Waals surface area contributed by atoms with Crippen LogP contribution in [0.1, 0.15) is 35.9 Å². The number of aromatic nitrogens is 3. The van der Waals surface area contributed by atoms with Crippen molar-refractivity contribution in [2.24, 2.45) is 5.73 Å². The Kier molecular flexibility index (Phi) is 4.14. The van der Waals surface area contributed by atoms with Gasteiger partial charge in [0.05, 0.1) is 5.69 Å². The number of anilines is 2. The second kappa shape index (κ2) is 5.83. The zero-order valence-corrected chi connectivity index (χ0v) is 11.8. The number of carbonyl (C=O) groups is 1. The molecule has 0 aliphatic heterocycles. The first-order valence-corrected chi connectivity index (χ1v) is 6.42. The fraction of sp³-hybridized carbons (Fsp3) is 0.231. The summed E-state index contributed by atoms with van der Waals surface area (Å²) in [5.41, 5.74) is 6.59. The molecule has 0 radical (unpaired) electrons. The van der Waals surface area contributed by atoms with Crippen molar-refractivity contribution in [1.29, 1.82) is 0 Å². The molecule has 0 aliphatic rings. The number of hydrogen-bond donors (Lipinski definition) is 2. The number of hydrogen-bond acceptors (Lipinski definition) is 5. The smallest absolute Gasteiger partial charge is 0.271 e. The van der Waals surface area contributed by atoms with Crippen molar-refractivity contribution in [3.05, 3.63) is 40.8 Å². The molecular formula is C13H14ClN5O. The van der Waals surface area contributed by atoms with Crippen molar-refractivity contribution in [2.45, 2.75) is 19.8 Å². The molecule has 0 saturated heterocycles. The van der Waals surface area contributed by atoms with Crippen LogP contribution in [-0.2, 0) is 0 Å². The summed E-state index contributed by atoms with van der Waals surface area (Å²) in [5, 5.41) is 10.4. The minimum Gasteiger partial charge on any atom is -0.364 e. The van der Waals surface area contributed by atoms with Gasteiger partial charge in [0.1, 0.15) is 5.82 Å². The number of primary amides is 1. The summed E-state index contributed by atoms with van der Waals surface area (Å²) in [7, 11) is 0. The molecule has 0 saturated carbocycles. The Morgan fingerprint density at radius 1 is 1.35 bits per heavy atom. The molecule has 104 valence electrons. The van der Waals surface area contributed by atoms with Crippen LogP contribution in [0.5, 0.6) is 0 Å². The number of rotatable bonds is 4. The van der Waals surface area contributed by atoms with Crippen molar-refractivity contribution >= 4 is 29.0 Å². The molecule has 0 atom stereocenters. The third-order valence-electron chi connectivity index (χ3n) is 2.62. The first-order valence-electron chi connectivity index (χ1n) is 6.04. The lowest BCUT2D eigenvalue weighted by Gasteiger charge is -2.10. The van der Waals surface area contributed by atoms with Crippen LogP contribution in [0.15, 0.2) is 24.3 Å². The molecule has 0 spiro atoms. The molecule has 0 fully saturated rings. The Bertz CT molecular complexity index is 644. The molecule has 2 aromatic heterocycles. The Morgan fingerprint density at radius 2 is 2.10 bits per heavy atom. The summed E-state index contributed by atoms with van der Waals surface area (Å²) in [6.45, 7) is 4.09. The summed E-state index contributed by atoms with van der Waals surface area (Å²) in [6.07, 6.45) is 0. The van der Waals surface area contributed by atoms with Crippen molar-refractivity contribution in [2.75, 3.05) is 5.32 Å². The highest BCUT2D eigenvalue weighted by molar-refractivity contribution is 6.29. The SMILES string of the molecule is CC(C)c1cccc(Nc2cc(Cl)nnc2C(N)=O)n1. The number of nitrogens with one attached hydrogen (secondary N) is 1. The van der Waals surface area contributed by atoms with Crippen LogP contribution in [-0.4, -0.2) is 21.1 Å². The van der Waals surface area contributed by atoms with E-state index in [2.05, 4.69) is 20.5 Å². The van der Waals surface area contributed by atoms with E-state index in [4.69, 9.17) is 17.3 Å². The van der Waals surface area contributed by atoms with Crippen LogP contribution < -0.4 is 11.1 Å². The molecular weight excluding hydrogens is 278 g/mol. The number of carbonyl (C=O) groups excluding carboxylic acids is 1. The van der Waals surface area contributed by atoms with Crippen molar-refractivity contribution in [1.82, 2.24) is 15.2 Å². The van der Waals surface area contributed by atoms with E-state index in [9.17, 15) is 4.79 Å². The summed E-state index contributed by atoms with van der Waals surface area (Å²) < 4.78 is 0. The van der Waals surface area contributed by atoms with Gasteiger partial charge in [-0.2, -0.15) is 0 Å². The molecule has 1 amide bonds. The van der Waals surface area contributed by atoms with E-state index in [0.29, 0.717) is 17.4 Å². The second-order valence-electron chi connectivity index (χ2n) is 4.52. The van der Waals surface area contributed by atoms with Gasteiger partial charge in [-0.15, -0.1) is 10.2 Å². The molecule has 0 bridgehead atoms. The highest BCUT2D eigenvalue weighted by Gasteiger charge is 2.13. The second-order valence-corrected chi connectivity index (χ2v) is 4.91. The molecule has 0 unspecified atom stereocenters. The summed E-state index contributed by atoms with van der Waals surface area (Å²) >= 11 is 5.78. The molecule has 0 aliphatic carbocycles. The molecule has 2 rings (SSSR count). The number of nitrogens with zero attached hydrogens (tertiary/aromatic N) is 3. The van der Waals surface area contributed by atoms with Gasteiger partial charge in [0.2, 0.25) is 0 Å². The predicted octanol–water partition coefficient (Wildman–Crippen LogP) is 2.49. The van der Waals surface area contributed by atoms with Crippen LogP contribution in [0, 0.1) is 0 Å². The molecule has 7 heteroatoms. The average molecular weight is 292 g/mol. The highest BCUT2D eigenvalue weighted by atomic mass is 35.5. The topological polar surface area (TPSA) is 93.8 Å². The zero-order valence-electron chi connectivity index (χ0n) is 11.1. The van der Waals surface area contributed by atoms with Gasteiger partial charge in [0.15, 0.2) is 10.8 Å². The average Bonchev–Trinajstić information content (AvgIpc) is 2.38. The quantitative estimate of drug-likeness (QED) is 0.902. The van der Waals surface area contributed by atoms with E-state index < -0.39 is 5.91 Å². The molecule has 2 heterocycles. The van der Waals surface area contributed by atoms with Crippen molar-refractivity contribution in [3.63, 3.8) is 0 Å². The first-order chi connectivity index (χ1) is 9.47.